The first-order valence-electron chi connectivity index (χ1n) is 5.40. The maximum Gasteiger partial charge on any atom is 0.339 e. The van der Waals surface area contributed by atoms with E-state index in [0.717, 1.165) is 0 Å². The number of hydrogen-bond donors (Lipinski definition) is 0. The van der Waals surface area contributed by atoms with Crippen LogP contribution in [-0.4, -0.2) is 24.1 Å². The minimum atomic E-state index is -0.593. The molecule has 0 aliphatic heterocycles. The second-order valence-corrected chi connectivity index (χ2v) is 4.03. The highest BCUT2D eigenvalue weighted by Crippen LogP contribution is 2.28. The van der Waals surface area contributed by atoms with Gasteiger partial charge in [-0.3, -0.25) is 10.1 Å². The normalized spacial score (nSPS) is 10.3. The van der Waals surface area contributed by atoms with Crippen molar-refractivity contribution in [2.45, 2.75) is 26.9 Å². The SMILES string of the molecule is COc1cc(C(=O)OC(C)C)c(C)c([N+](=O)[O-])c1. The fraction of sp³-hybridized carbons (Fsp3) is 0.417. The minimum absolute atomic E-state index is 0.148. The first kappa shape index (κ1) is 14.0. The van der Waals surface area contributed by atoms with E-state index in [9.17, 15) is 14.9 Å². The summed E-state index contributed by atoms with van der Waals surface area (Å²) in [6.45, 7) is 4.93. The van der Waals surface area contributed by atoms with Crippen LogP contribution in [0.2, 0.25) is 0 Å². The molecular formula is C12H15NO5. The fourth-order valence-electron chi connectivity index (χ4n) is 1.47. The third-order valence-corrected chi connectivity index (χ3v) is 2.35. The van der Waals surface area contributed by atoms with Crippen LogP contribution in [0.25, 0.3) is 0 Å². The summed E-state index contributed by atoms with van der Waals surface area (Å²) >= 11 is 0. The van der Waals surface area contributed by atoms with Gasteiger partial charge in [-0.25, -0.2) is 4.79 Å². The van der Waals surface area contributed by atoms with Crippen LogP contribution in [0.4, 0.5) is 5.69 Å². The van der Waals surface area contributed by atoms with Crippen molar-refractivity contribution in [3.63, 3.8) is 0 Å². The van der Waals surface area contributed by atoms with Crippen molar-refractivity contribution in [2.24, 2.45) is 0 Å². The van der Waals surface area contributed by atoms with Crippen LogP contribution < -0.4 is 4.74 Å². The van der Waals surface area contributed by atoms with Crippen LogP contribution in [0.15, 0.2) is 12.1 Å². The second kappa shape index (κ2) is 5.48. The monoisotopic (exact) mass is 253 g/mol. The molecule has 18 heavy (non-hydrogen) atoms. The quantitative estimate of drug-likeness (QED) is 0.468. The van der Waals surface area contributed by atoms with Gasteiger partial charge in [0.25, 0.3) is 5.69 Å². The van der Waals surface area contributed by atoms with E-state index >= 15 is 0 Å². The Morgan fingerprint density at radius 3 is 2.44 bits per heavy atom. The van der Waals surface area contributed by atoms with Crippen molar-refractivity contribution < 1.29 is 19.2 Å². The van der Waals surface area contributed by atoms with Crippen LogP contribution in [0.5, 0.6) is 5.75 Å². The molecule has 6 heteroatoms. The third kappa shape index (κ3) is 2.97. The van der Waals surface area contributed by atoms with Gasteiger partial charge in [0.1, 0.15) is 5.75 Å². The van der Waals surface area contributed by atoms with Crippen molar-refractivity contribution in [2.75, 3.05) is 7.11 Å². The minimum Gasteiger partial charge on any atom is -0.496 e. The van der Waals surface area contributed by atoms with Gasteiger partial charge >= 0.3 is 5.97 Å². The average molecular weight is 253 g/mol. The van der Waals surface area contributed by atoms with Gasteiger partial charge in [0.2, 0.25) is 0 Å². The van der Waals surface area contributed by atoms with Gasteiger partial charge in [-0.2, -0.15) is 0 Å². The Bertz CT molecular complexity index is 482. The van der Waals surface area contributed by atoms with E-state index in [1.54, 1.807) is 13.8 Å². The molecule has 0 amide bonds. The number of nitro groups is 1. The smallest absolute Gasteiger partial charge is 0.339 e. The number of ether oxygens (including phenoxy) is 2. The van der Waals surface area contributed by atoms with Gasteiger partial charge in [-0.05, 0) is 26.8 Å². The zero-order valence-corrected chi connectivity index (χ0v) is 10.7. The van der Waals surface area contributed by atoms with Crippen LogP contribution in [0.1, 0.15) is 29.8 Å². The molecule has 98 valence electrons. The molecule has 0 N–H and O–H groups in total. The summed E-state index contributed by atoms with van der Waals surface area (Å²) in [5.41, 5.74) is 0.256. The molecule has 0 bridgehead atoms. The van der Waals surface area contributed by atoms with Crippen molar-refractivity contribution in [3.05, 3.63) is 33.4 Å². The van der Waals surface area contributed by atoms with Gasteiger partial charge in [-0.15, -0.1) is 0 Å². The van der Waals surface area contributed by atoms with Crippen molar-refractivity contribution in [1.82, 2.24) is 0 Å². The van der Waals surface area contributed by atoms with Gasteiger partial charge < -0.3 is 9.47 Å². The Morgan fingerprint density at radius 2 is 2.00 bits per heavy atom. The summed E-state index contributed by atoms with van der Waals surface area (Å²) in [5.74, 6) is -0.340. The molecule has 0 aliphatic rings. The Hall–Kier alpha value is -2.11. The Kier molecular flexibility index (Phi) is 4.25. The zero-order chi connectivity index (χ0) is 13.9. The first-order chi connectivity index (χ1) is 8.36. The van der Waals surface area contributed by atoms with Crippen molar-refractivity contribution in [3.8, 4) is 5.75 Å². The maximum atomic E-state index is 11.8. The van der Waals surface area contributed by atoms with Gasteiger partial charge in [-0.1, -0.05) is 0 Å². The molecular weight excluding hydrogens is 238 g/mol. The highest BCUT2D eigenvalue weighted by molar-refractivity contribution is 5.93. The van der Waals surface area contributed by atoms with E-state index in [0.29, 0.717) is 0 Å². The predicted molar refractivity (Wildman–Crippen MR) is 64.9 cm³/mol. The average Bonchev–Trinajstić information content (AvgIpc) is 2.27. The summed E-state index contributed by atoms with van der Waals surface area (Å²) in [5, 5.41) is 10.9. The lowest BCUT2D eigenvalue weighted by Crippen LogP contribution is -2.13. The Labute approximate surface area is 105 Å². The number of esters is 1. The third-order valence-electron chi connectivity index (χ3n) is 2.35. The van der Waals surface area contributed by atoms with Crippen molar-refractivity contribution >= 4 is 11.7 Å². The molecule has 0 aliphatic carbocycles. The molecule has 6 nitrogen and oxygen atoms in total. The number of carbonyl (C=O) groups is 1. The van der Waals surface area contributed by atoms with Crippen LogP contribution in [-0.2, 0) is 4.74 Å². The molecule has 0 unspecified atom stereocenters. The maximum absolute atomic E-state index is 11.8. The van der Waals surface area contributed by atoms with E-state index in [2.05, 4.69) is 0 Å². The standard InChI is InChI=1S/C12H15NO5/c1-7(2)18-12(14)10-5-9(17-4)6-11(8(10)3)13(15)16/h5-7H,1-4H3. The summed E-state index contributed by atoms with van der Waals surface area (Å²) < 4.78 is 9.98. The lowest BCUT2D eigenvalue weighted by Gasteiger charge is -2.11. The molecule has 0 saturated heterocycles. The van der Waals surface area contributed by atoms with Crippen LogP contribution in [0.3, 0.4) is 0 Å². The molecule has 0 aromatic heterocycles. The molecule has 0 atom stereocenters. The second-order valence-electron chi connectivity index (χ2n) is 4.03. The van der Waals surface area contributed by atoms with Crippen molar-refractivity contribution in [1.29, 1.82) is 0 Å². The molecule has 1 aromatic rings. The summed E-state index contributed by atoms with van der Waals surface area (Å²) in [6, 6.07) is 2.72. The Morgan fingerprint density at radius 1 is 1.39 bits per heavy atom. The number of nitrogens with zero attached hydrogens (tertiary/aromatic N) is 1. The van der Waals surface area contributed by atoms with Gasteiger partial charge in [0.05, 0.1) is 29.8 Å². The van der Waals surface area contributed by atoms with E-state index in [1.165, 1.54) is 26.2 Å². The molecule has 0 heterocycles. The number of nitro benzene ring substituents is 1. The lowest BCUT2D eigenvalue weighted by molar-refractivity contribution is -0.385. The highest BCUT2D eigenvalue weighted by Gasteiger charge is 2.22. The molecule has 1 rings (SSSR count). The fourth-order valence-corrected chi connectivity index (χ4v) is 1.47. The number of hydrogen-bond acceptors (Lipinski definition) is 5. The number of methoxy groups -OCH3 is 1. The highest BCUT2D eigenvalue weighted by atomic mass is 16.6. The van der Waals surface area contributed by atoms with Gasteiger partial charge in [0.15, 0.2) is 0 Å². The zero-order valence-electron chi connectivity index (χ0n) is 10.7. The van der Waals surface area contributed by atoms with Gasteiger partial charge in [0, 0.05) is 5.56 Å². The predicted octanol–water partition coefficient (Wildman–Crippen LogP) is 2.48. The molecule has 0 radical (unpaired) electrons. The summed E-state index contributed by atoms with van der Waals surface area (Å²) in [7, 11) is 1.38. The number of benzene rings is 1. The summed E-state index contributed by atoms with van der Waals surface area (Å²) in [6.07, 6.45) is -0.290. The molecule has 0 spiro atoms. The van der Waals surface area contributed by atoms with E-state index in [-0.39, 0.29) is 28.7 Å². The molecule has 0 saturated carbocycles. The largest absolute Gasteiger partial charge is 0.496 e. The van der Waals surface area contributed by atoms with E-state index in [1.807, 2.05) is 0 Å². The van der Waals surface area contributed by atoms with E-state index in [4.69, 9.17) is 9.47 Å². The Balaban J connectivity index is 3.29. The van der Waals surface area contributed by atoms with Crippen LogP contribution >= 0.6 is 0 Å². The number of carbonyl (C=O) groups excluding carboxylic acids is 1. The summed E-state index contributed by atoms with van der Waals surface area (Å²) in [4.78, 5) is 22.2. The lowest BCUT2D eigenvalue weighted by atomic mass is 10.1. The topological polar surface area (TPSA) is 78.7 Å². The van der Waals surface area contributed by atoms with Crippen LogP contribution in [0, 0.1) is 17.0 Å². The molecule has 0 fully saturated rings. The number of rotatable bonds is 4. The van der Waals surface area contributed by atoms with E-state index < -0.39 is 10.9 Å². The first-order valence-corrected chi connectivity index (χ1v) is 5.40. The molecule has 1 aromatic carbocycles.